The number of thiazole rings is 1. The van der Waals surface area contributed by atoms with Gasteiger partial charge in [0.2, 0.25) is 15.9 Å². The minimum absolute atomic E-state index is 0.0548. The number of piperidine rings is 1. The molecule has 0 radical (unpaired) electrons. The van der Waals surface area contributed by atoms with Crippen molar-refractivity contribution in [1.29, 1.82) is 0 Å². The topological polar surface area (TPSA) is 140 Å². The normalized spacial score (nSPS) is 17.7. The average molecular weight is 479 g/mol. The molecule has 12 heteroatoms. The number of nitrogens with one attached hydrogen (secondary N) is 1. The minimum atomic E-state index is -3.92. The lowest BCUT2D eigenvalue weighted by Gasteiger charge is -2.30. The first kappa shape index (κ1) is 22.5. The summed E-state index contributed by atoms with van der Waals surface area (Å²) < 4.78 is 27.4. The van der Waals surface area contributed by atoms with E-state index in [1.165, 1.54) is 27.8 Å². The molecule has 4 rings (SSSR count). The van der Waals surface area contributed by atoms with Crippen LogP contribution in [0.15, 0.2) is 23.1 Å². The lowest BCUT2D eigenvalue weighted by Crippen LogP contribution is -2.41. The van der Waals surface area contributed by atoms with E-state index in [4.69, 9.17) is 0 Å². The number of carbonyl (C=O) groups excluding carboxylic acids is 2. The molecule has 32 heavy (non-hydrogen) atoms. The van der Waals surface area contributed by atoms with Crippen molar-refractivity contribution in [2.24, 2.45) is 5.92 Å². The molecule has 1 aliphatic heterocycles. The summed E-state index contributed by atoms with van der Waals surface area (Å²) in [4.78, 5) is 40.0. The van der Waals surface area contributed by atoms with Gasteiger partial charge in [-0.25, -0.2) is 13.4 Å². The standard InChI is InChI=1S/C20H22N4O6S2/c1-12-5-6-14(24(27)28)11-17(12)32(29,30)23-9-7-13(8-10-23)19(26)22-20-21-15-3-2-4-16(25)18(15)31-20/h5-6,11,13H,2-4,7-10H2,1H3,(H,21,22,26). The lowest BCUT2D eigenvalue weighted by atomic mass is 9.97. The van der Waals surface area contributed by atoms with Gasteiger partial charge in [-0.05, 0) is 38.2 Å². The Balaban J connectivity index is 1.42. The highest BCUT2D eigenvalue weighted by molar-refractivity contribution is 7.89. The largest absolute Gasteiger partial charge is 0.302 e. The Labute approximate surface area is 188 Å². The minimum Gasteiger partial charge on any atom is -0.302 e. The van der Waals surface area contributed by atoms with Gasteiger partial charge in [-0.15, -0.1) is 0 Å². The first-order valence-corrected chi connectivity index (χ1v) is 12.5. The van der Waals surface area contributed by atoms with E-state index < -0.39 is 14.9 Å². The Morgan fingerprint density at radius 1 is 1.28 bits per heavy atom. The van der Waals surface area contributed by atoms with Gasteiger partial charge in [0.15, 0.2) is 10.9 Å². The third-order valence-corrected chi connectivity index (χ3v) is 8.92. The number of anilines is 1. The van der Waals surface area contributed by atoms with Crippen LogP contribution in [0.1, 0.15) is 46.6 Å². The smallest absolute Gasteiger partial charge is 0.270 e. The number of rotatable bonds is 5. The van der Waals surface area contributed by atoms with E-state index >= 15 is 0 Å². The summed E-state index contributed by atoms with van der Waals surface area (Å²) in [5.41, 5.74) is 0.876. The van der Waals surface area contributed by atoms with Gasteiger partial charge in [0.1, 0.15) is 0 Å². The Bertz CT molecular complexity index is 1200. The summed E-state index contributed by atoms with van der Waals surface area (Å²) in [7, 11) is -3.92. The molecule has 170 valence electrons. The number of aromatic nitrogens is 1. The van der Waals surface area contributed by atoms with Crippen LogP contribution in [0.2, 0.25) is 0 Å². The number of non-ortho nitro benzene ring substituents is 1. The molecule has 2 heterocycles. The van der Waals surface area contributed by atoms with Gasteiger partial charge in [0.25, 0.3) is 5.69 Å². The van der Waals surface area contributed by atoms with E-state index in [2.05, 4.69) is 10.3 Å². The van der Waals surface area contributed by atoms with E-state index in [1.807, 2.05) is 0 Å². The number of fused-ring (bicyclic) bond motifs is 1. The van der Waals surface area contributed by atoms with Crippen LogP contribution in [0.3, 0.4) is 0 Å². The molecular formula is C20H22N4O6S2. The maximum absolute atomic E-state index is 13.1. The summed E-state index contributed by atoms with van der Waals surface area (Å²) in [6.07, 6.45) is 2.63. The van der Waals surface area contributed by atoms with E-state index in [1.54, 1.807) is 6.92 Å². The van der Waals surface area contributed by atoms with Crippen LogP contribution < -0.4 is 5.32 Å². The number of nitro groups is 1. The molecule has 1 fully saturated rings. The van der Waals surface area contributed by atoms with Crippen LogP contribution >= 0.6 is 11.3 Å². The van der Waals surface area contributed by atoms with Crippen molar-refractivity contribution in [3.63, 3.8) is 0 Å². The van der Waals surface area contributed by atoms with Gasteiger partial charge in [-0.1, -0.05) is 17.4 Å². The molecule has 0 unspecified atom stereocenters. The zero-order valence-corrected chi connectivity index (χ0v) is 19.0. The molecule has 1 aromatic heterocycles. The van der Waals surface area contributed by atoms with Crippen molar-refractivity contribution >= 4 is 43.9 Å². The number of amides is 1. The predicted octanol–water partition coefficient (Wildman–Crippen LogP) is 2.92. The molecule has 10 nitrogen and oxygen atoms in total. The average Bonchev–Trinajstić information content (AvgIpc) is 3.17. The first-order chi connectivity index (χ1) is 15.2. The van der Waals surface area contributed by atoms with Gasteiger partial charge < -0.3 is 5.32 Å². The number of ketones is 1. The second kappa shape index (κ2) is 8.68. The number of hydrogen-bond acceptors (Lipinski definition) is 8. The number of nitrogens with zero attached hydrogens (tertiary/aromatic N) is 3. The second-order valence-corrected chi connectivity index (χ2v) is 10.9. The molecule has 0 bridgehead atoms. The fourth-order valence-electron chi connectivity index (χ4n) is 4.01. The van der Waals surface area contributed by atoms with Gasteiger partial charge >= 0.3 is 0 Å². The number of benzene rings is 1. The number of Topliss-reactive ketones (excluding diaryl/α,β-unsaturated/α-hetero) is 1. The Morgan fingerprint density at radius 2 is 2.00 bits per heavy atom. The van der Waals surface area contributed by atoms with Crippen LogP contribution in [-0.4, -0.2) is 47.4 Å². The number of aryl methyl sites for hydroxylation is 2. The van der Waals surface area contributed by atoms with E-state index in [-0.39, 0.29) is 41.3 Å². The summed E-state index contributed by atoms with van der Waals surface area (Å²) >= 11 is 1.19. The van der Waals surface area contributed by atoms with Gasteiger partial charge in [0.05, 0.1) is 20.4 Å². The predicted molar refractivity (Wildman–Crippen MR) is 117 cm³/mol. The van der Waals surface area contributed by atoms with E-state index in [0.29, 0.717) is 34.8 Å². The highest BCUT2D eigenvalue weighted by Gasteiger charge is 2.34. The zero-order valence-electron chi connectivity index (χ0n) is 17.4. The summed E-state index contributed by atoms with van der Waals surface area (Å²) in [5, 5.41) is 14.2. The lowest BCUT2D eigenvalue weighted by molar-refractivity contribution is -0.385. The van der Waals surface area contributed by atoms with Gasteiger partial charge in [0, 0.05) is 37.6 Å². The maximum Gasteiger partial charge on any atom is 0.270 e. The highest BCUT2D eigenvalue weighted by atomic mass is 32.2. The van der Waals surface area contributed by atoms with Crippen LogP contribution in [0.25, 0.3) is 0 Å². The molecule has 1 saturated heterocycles. The summed E-state index contributed by atoms with van der Waals surface area (Å²) in [6, 6.07) is 3.77. The monoisotopic (exact) mass is 478 g/mol. The molecule has 1 aromatic carbocycles. The first-order valence-electron chi connectivity index (χ1n) is 10.3. The van der Waals surface area contributed by atoms with E-state index in [0.717, 1.165) is 24.6 Å². The molecule has 0 atom stereocenters. The fraction of sp³-hybridized carbons (Fsp3) is 0.450. The summed E-state index contributed by atoms with van der Waals surface area (Å²) in [5.74, 6) is -0.574. The zero-order chi connectivity index (χ0) is 23.0. The molecule has 2 aliphatic rings. The van der Waals surface area contributed by atoms with Crippen LogP contribution in [0.5, 0.6) is 0 Å². The van der Waals surface area contributed by atoms with Crippen molar-refractivity contribution in [1.82, 2.24) is 9.29 Å². The SMILES string of the molecule is Cc1ccc([N+](=O)[O-])cc1S(=O)(=O)N1CCC(C(=O)Nc2nc3c(s2)C(=O)CCC3)CC1. The Hall–Kier alpha value is -2.70. The summed E-state index contributed by atoms with van der Waals surface area (Å²) in [6.45, 7) is 1.86. The molecule has 2 aromatic rings. The van der Waals surface area contributed by atoms with Crippen LogP contribution in [-0.2, 0) is 21.2 Å². The second-order valence-electron chi connectivity index (χ2n) is 7.95. The van der Waals surface area contributed by atoms with Crippen molar-refractivity contribution in [3.8, 4) is 0 Å². The van der Waals surface area contributed by atoms with Crippen molar-refractivity contribution in [2.45, 2.75) is 43.9 Å². The third kappa shape index (κ3) is 4.30. The van der Waals surface area contributed by atoms with Crippen LogP contribution in [0.4, 0.5) is 10.8 Å². The molecule has 0 spiro atoms. The van der Waals surface area contributed by atoms with E-state index in [9.17, 15) is 28.1 Å². The molecule has 1 amide bonds. The molecule has 0 saturated carbocycles. The number of carbonyl (C=O) groups is 2. The number of nitro benzene ring substituents is 1. The van der Waals surface area contributed by atoms with Crippen molar-refractivity contribution in [2.75, 3.05) is 18.4 Å². The number of sulfonamides is 1. The van der Waals surface area contributed by atoms with Crippen molar-refractivity contribution < 1.29 is 22.9 Å². The number of hydrogen-bond donors (Lipinski definition) is 1. The Kier molecular flexibility index (Phi) is 6.10. The van der Waals surface area contributed by atoms with Crippen molar-refractivity contribution in [3.05, 3.63) is 44.4 Å². The fourth-order valence-corrected chi connectivity index (χ4v) is 6.70. The van der Waals surface area contributed by atoms with Gasteiger partial charge in [-0.2, -0.15) is 4.31 Å². The quantitative estimate of drug-likeness (QED) is 0.515. The molecule has 1 N–H and O–H groups in total. The van der Waals surface area contributed by atoms with Crippen LogP contribution in [0, 0.1) is 23.0 Å². The third-order valence-electron chi connectivity index (χ3n) is 5.82. The Morgan fingerprint density at radius 3 is 2.66 bits per heavy atom. The maximum atomic E-state index is 13.1. The van der Waals surface area contributed by atoms with Gasteiger partial charge in [-0.3, -0.25) is 19.7 Å². The molecular weight excluding hydrogens is 456 g/mol. The molecule has 1 aliphatic carbocycles. The highest BCUT2D eigenvalue weighted by Crippen LogP contribution is 2.32.